The third kappa shape index (κ3) is 3.63. The summed E-state index contributed by atoms with van der Waals surface area (Å²) in [7, 11) is 0. The fourth-order valence-electron chi connectivity index (χ4n) is 2.92. The van der Waals surface area contributed by atoms with Crippen molar-refractivity contribution in [3.05, 3.63) is 27.2 Å². The molecular weight excluding hydrogens is 421 g/mol. The minimum absolute atomic E-state index is 0.0189. The Labute approximate surface area is 168 Å². The van der Waals surface area contributed by atoms with Gasteiger partial charge in [-0.1, -0.05) is 34.8 Å². The van der Waals surface area contributed by atoms with Crippen molar-refractivity contribution in [2.45, 2.75) is 31.3 Å². The van der Waals surface area contributed by atoms with E-state index in [4.69, 9.17) is 39.5 Å². The Hall–Kier alpha value is -1.48. The first-order chi connectivity index (χ1) is 12.8. The number of fused-ring (bicyclic) bond motifs is 1. The normalized spacial score (nSPS) is 26.5. The van der Waals surface area contributed by atoms with Crippen LogP contribution in [-0.2, 0) is 9.53 Å². The van der Waals surface area contributed by atoms with E-state index in [0.29, 0.717) is 11.3 Å². The SMILES string of the molecule is CC(=O)NN=C=C1C(Cl)=Nc2cc(Cl)c(Cl)c([C@@H]3O[C@H](CO)[C@@H](O)[C@H]3O)c21. The summed E-state index contributed by atoms with van der Waals surface area (Å²) >= 11 is 18.7. The summed E-state index contributed by atoms with van der Waals surface area (Å²) in [4.78, 5) is 15.2. The highest BCUT2D eigenvalue weighted by atomic mass is 35.5. The van der Waals surface area contributed by atoms with Gasteiger partial charge in [-0.15, -0.1) is 5.10 Å². The van der Waals surface area contributed by atoms with Gasteiger partial charge in [-0.05, 0) is 6.07 Å². The minimum atomic E-state index is -1.38. The Balaban J connectivity index is 2.18. The molecule has 2 aliphatic rings. The highest BCUT2D eigenvalue weighted by Gasteiger charge is 2.46. The van der Waals surface area contributed by atoms with Crippen LogP contribution in [0, 0.1) is 0 Å². The fraction of sp³-hybridized carbons (Fsp3) is 0.375. The van der Waals surface area contributed by atoms with Crippen LogP contribution >= 0.6 is 34.8 Å². The number of aliphatic imine (C=N–C) groups is 1. The molecule has 0 radical (unpaired) electrons. The van der Waals surface area contributed by atoms with Crippen LogP contribution < -0.4 is 5.43 Å². The van der Waals surface area contributed by atoms with Gasteiger partial charge in [0.05, 0.1) is 27.9 Å². The molecule has 0 aliphatic carbocycles. The van der Waals surface area contributed by atoms with E-state index in [1.54, 1.807) is 0 Å². The maximum atomic E-state index is 11.0. The number of rotatable bonds is 3. The molecule has 1 aromatic rings. The molecule has 0 bridgehead atoms. The average molecular weight is 435 g/mol. The van der Waals surface area contributed by atoms with E-state index >= 15 is 0 Å². The van der Waals surface area contributed by atoms with Crippen molar-refractivity contribution in [3.63, 3.8) is 0 Å². The lowest BCUT2D eigenvalue weighted by Crippen LogP contribution is -2.32. The van der Waals surface area contributed by atoms with Gasteiger partial charge in [0.25, 0.3) is 0 Å². The molecular formula is C16H14Cl3N3O5. The van der Waals surface area contributed by atoms with E-state index in [9.17, 15) is 20.1 Å². The van der Waals surface area contributed by atoms with Gasteiger partial charge in [-0.3, -0.25) is 4.79 Å². The van der Waals surface area contributed by atoms with Gasteiger partial charge in [0, 0.05) is 23.9 Å². The number of nitrogens with zero attached hydrogens (tertiary/aromatic N) is 2. The Morgan fingerprint density at radius 2 is 2.07 bits per heavy atom. The molecule has 0 unspecified atom stereocenters. The Bertz CT molecular complexity index is 898. The fourth-order valence-corrected chi connectivity index (χ4v) is 3.61. The molecule has 144 valence electrons. The molecule has 11 heteroatoms. The predicted molar refractivity (Wildman–Crippen MR) is 101 cm³/mol. The van der Waals surface area contributed by atoms with Gasteiger partial charge in [0.15, 0.2) is 0 Å². The van der Waals surface area contributed by atoms with Crippen LogP contribution in [-0.4, -0.2) is 57.2 Å². The number of carbonyl (C=O) groups is 1. The van der Waals surface area contributed by atoms with E-state index in [1.807, 2.05) is 0 Å². The van der Waals surface area contributed by atoms with E-state index in [-0.39, 0.29) is 26.4 Å². The topological polar surface area (TPSA) is 124 Å². The molecule has 1 amide bonds. The van der Waals surface area contributed by atoms with Crippen LogP contribution in [0.4, 0.5) is 5.69 Å². The quantitative estimate of drug-likeness (QED) is 0.424. The number of halogens is 3. The van der Waals surface area contributed by atoms with Crippen LogP contribution in [0.15, 0.2) is 16.2 Å². The van der Waals surface area contributed by atoms with Gasteiger partial charge in [0.2, 0.25) is 5.91 Å². The lowest BCUT2D eigenvalue weighted by atomic mass is 9.93. The van der Waals surface area contributed by atoms with E-state index in [1.165, 1.54) is 13.0 Å². The molecule has 4 atom stereocenters. The third-order valence-corrected chi connectivity index (χ3v) is 5.19. The number of nitrogens with one attached hydrogen (secondary N) is 1. The summed E-state index contributed by atoms with van der Waals surface area (Å²) in [5, 5.41) is 33.7. The van der Waals surface area contributed by atoms with Gasteiger partial charge in [-0.2, -0.15) is 0 Å². The molecule has 4 N–H and O–H groups in total. The summed E-state index contributed by atoms with van der Waals surface area (Å²) in [5.41, 5.74) is 3.30. The number of amides is 1. The molecule has 1 fully saturated rings. The van der Waals surface area contributed by atoms with Gasteiger partial charge >= 0.3 is 0 Å². The van der Waals surface area contributed by atoms with Crippen molar-refractivity contribution in [3.8, 4) is 0 Å². The highest BCUT2D eigenvalue weighted by molar-refractivity contribution is 6.79. The van der Waals surface area contributed by atoms with Crippen molar-refractivity contribution in [1.82, 2.24) is 5.43 Å². The average Bonchev–Trinajstić information content (AvgIpc) is 3.06. The van der Waals surface area contributed by atoms with Crippen LogP contribution in [0.2, 0.25) is 10.0 Å². The van der Waals surface area contributed by atoms with Crippen molar-refractivity contribution in [2.24, 2.45) is 10.1 Å². The van der Waals surface area contributed by atoms with Gasteiger partial charge in [0.1, 0.15) is 29.6 Å². The summed E-state index contributed by atoms with van der Waals surface area (Å²) in [6.07, 6.45) is -4.82. The predicted octanol–water partition coefficient (Wildman–Crippen LogP) is 1.53. The molecule has 2 heterocycles. The largest absolute Gasteiger partial charge is 0.394 e. The van der Waals surface area contributed by atoms with Gasteiger partial charge in [-0.25, -0.2) is 10.4 Å². The zero-order valence-corrected chi connectivity index (χ0v) is 16.0. The maximum absolute atomic E-state index is 11.0. The number of aliphatic hydroxyl groups excluding tert-OH is 3. The van der Waals surface area contributed by atoms with Crippen LogP contribution in [0.1, 0.15) is 24.2 Å². The molecule has 2 aliphatic heterocycles. The van der Waals surface area contributed by atoms with Crippen LogP contribution in [0.25, 0.3) is 5.57 Å². The molecule has 0 aromatic heterocycles. The third-order valence-electron chi connectivity index (χ3n) is 4.12. The van der Waals surface area contributed by atoms with Crippen molar-refractivity contribution in [2.75, 3.05) is 6.61 Å². The van der Waals surface area contributed by atoms with Crippen molar-refractivity contribution in [1.29, 1.82) is 0 Å². The van der Waals surface area contributed by atoms with E-state index in [0.717, 1.165) is 0 Å². The number of allylic oxidation sites excluding steroid dienone is 1. The Kier molecular flexibility index (Phi) is 5.90. The second kappa shape index (κ2) is 7.87. The lowest BCUT2D eigenvalue weighted by molar-refractivity contribution is -0.118. The summed E-state index contributed by atoms with van der Waals surface area (Å²) < 4.78 is 5.58. The molecule has 1 aromatic carbocycles. The molecule has 1 saturated heterocycles. The first-order valence-corrected chi connectivity index (χ1v) is 8.88. The molecule has 0 saturated carbocycles. The molecule has 0 spiro atoms. The number of hydrazone groups is 1. The monoisotopic (exact) mass is 433 g/mol. The second-order valence-electron chi connectivity index (χ2n) is 5.91. The summed E-state index contributed by atoms with van der Waals surface area (Å²) in [6.45, 7) is 0.772. The van der Waals surface area contributed by atoms with Crippen molar-refractivity contribution >= 4 is 63.0 Å². The van der Waals surface area contributed by atoms with Gasteiger partial charge < -0.3 is 20.1 Å². The standard InChI is InChI=1S/C16H14Cl3N3O5/c1-5(24)22-20-3-6-10-8(21-16(6)19)2-7(17)12(18)11(10)15-14(26)13(25)9(4-23)27-15/h2,9,13-15,23,25-26H,4H2,1H3,(H,22,24)/t9-,13-,14-,15+/m1/s1. The van der Waals surface area contributed by atoms with E-state index in [2.05, 4.69) is 21.4 Å². The molecule has 3 rings (SSSR count). The number of ether oxygens (including phenoxy) is 1. The summed E-state index contributed by atoms with van der Waals surface area (Å²) in [5.74, 6) is 2.17. The zero-order valence-electron chi connectivity index (χ0n) is 13.8. The maximum Gasteiger partial charge on any atom is 0.237 e. The minimum Gasteiger partial charge on any atom is -0.394 e. The number of hydrogen-bond donors (Lipinski definition) is 4. The van der Waals surface area contributed by atoms with Crippen LogP contribution in [0.5, 0.6) is 0 Å². The van der Waals surface area contributed by atoms with Crippen molar-refractivity contribution < 1.29 is 24.9 Å². The first-order valence-electron chi connectivity index (χ1n) is 7.74. The zero-order chi connectivity index (χ0) is 19.9. The lowest BCUT2D eigenvalue weighted by Gasteiger charge is -2.20. The number of carbonyl (C=O) groups excluding carboxylic acids is 1. The number of benzene rings is 1. The number of hydrogen-bond acceptors (Lipinski definition) is 7. The second-order valence-corrected chi connectivity index (χ2v) is 7.05. The number of aliphatic hydroxyl groups is 3. The molecule has 27 heavy (non-hydrogen) atoms. The Morgan fingerprint density at radius 1 is 1.37 bits per heavy atom. The Morgan fingerprint density at radius 3 is 2.67 bits per heavy atom. The molecule has 8 nitrogen and oxygen atoms in total. The summed E-state index contributed by atoms with van der Waals surface area (Å²) in [6, 6.07) is 1.47. The van der Waals surface area contributed by atoms with E-state index < -0.39 is 36.9 Å². The first kappa shape index (κ1) is 20.3. The highest BCUT2D eigenvalue weighted by Crippen LogP contribution is 2.49. The smallest absolute Gasteiger partial charge is 0.237 e. The van der Waals surface area contributed by atoms with Crippen LogP contribution in [0.3, 0.4) is 0 Å².